The van der Waals surface area contributed by atoms with E-state index in [1.807, 2.05) is 0 Å². The van der Waals surface area contributed by atoms with E-state index in [4.69, 9.17) is 10.8 Å². The lowest BCUT2D eigenvalue weighted by Gasteiger charge is -2.16. The van der Waals surface area contributed by atoms with Crippen LogP contribution in [0.25, 0.3) is 0 Å². The first-order valence-electron chi connectivity index (χ1n) is 6.03. The largest absolute Gasteiger partial charge is 0.481 e. The molecule has 3 N–H and O–H groups in total. The van der Waals surface area contributed by atoms with Gasteiger partial charge in [0.25, 0.3) is 5.91 Å². The van der Waals surface area contributed by atoms with Crippen LogP contribution in [-0.2, 0) is 4.79 Å². The summed E-state index contributed by atoms with van der Waals surface area (Å²) in [5.74, 6) is -1.79. The molecule has 0 aromatic heterocycles. The monoisotopic (exact) mass is 266 g/mol. The Kier molecular flexibility index (Phi) is 3.69. The second-order valence-corrected chi connectivity index (χ2v) is 4.74. The zero-order valence-corrected chi connectivity index (χ0v) is 10.3. The molecule has 1 fully saturated rings. The van der Waals surface area contributed by atoms with Gasteiger partial charge in [0.15, 0.2) is 0 Å². The van der Waals surface area contributed by atoms with Crippen molar-refractivity contribution >= 4 is 17.6 Å². The maximum absolute atomic E-state index is 13.3. The van der Waals surface area contributed by atoms with Gasteiger partial charge < -0.3 is 15.7 Å². The summed E-state index contributed by atoms with van der Waals surface area (Å²) in [5, 5.41) is 8.72. The lowest BCUT2D eigenvalue weighted by Crippen LogP contribution is -2.29. The fourth-order valence-corrected chi connectivity index (χ4v) is 2.27. The van der Waals surface area contributed by atoms with Crippen molar-refractivity contribution in [3.63, 3.8) is 0 Å². The number of carbonyl (C=O) groups excluding carboxylic acids is 1. The van der Waals surface area contributed by atoms with Crippen LogP contribution in [0.15, 0.2) is 18.2 Å². The van der Waals surface area contributed by atoms with Crippen molar-refractivity contribution in [3.8, 4) is 0 Å². The molecule has 1 aromatic rings. The van der Waals surface area contributed by atoms with E-state index >= 15 is 0 Å². The molecule has 102 valence electrons. The molecule has 2 rings (SSSR count). The second-order valence-electron chi connectivity index (χ2n) is 4.74. The van der Waals surface area contributed by atoms with Crippen molar-refractivity contribution in [2.24, 2.45) is 5.92 Å². The van der Waals surface area contributed by atoms with Crippen LogP contribution < -0.4 is 5.73 Å². The molecule has 1 atom stereocenters. The highest BCUT2D eigenvalue weighted by Crippen LogP contribution is 2.22. The highest BCUT2D eigenvalue weighted by molar-refractivity contribution is 5.94. The number of anilines is 1. The van der Waals surface area contributed by atoms with Crippen molar-refractivity contribution in [1.29, 1.82) is 0 Å². The number of nitrogens with two attached hydrogens (primary N) is 1. The van der Waals surface area contributed by atoms with Gasteiger partial charge in [0.1, 0.15) is 5.82 Å². The molecule has 1 aliphatic heterocycles. The number of carboxylic acid groups (broad SMARTS) is 1. The quantitative estimate of drug-likeness (QED) is 0.809. The Morgan fingerprint density at radius 1 is 1.47 bits per heavy atom. The number of hydrogen-bond donors (Lipinski definition) is 2. The fourth-order valence-electron chi connectivity index (χ4n) is 2.27. The van der Waals surface area contributed by atoms with Gasteiger partial charge in [-0.3, -0.25) is 9.59 Å². The van der Waals surface area contributed by atoms with E-state index in [9.17, 15) is 14.0 Å². The van der Waals surface area contributed by atoms with Gasteiger partial charge in [0.2, 0.25) is 0 Å². The van der Waals surface area contributed by atoms with Crippen LogP contribution in [0.4, 0.5) is 10.1 Å². The third-order valence-electron chi connectivity index (χ3n) is 3.28. The number of benzene rings is 1. The minimum Gasteiger partial charge on any atom is -0.481 e. The number of aliphatic carboxylic acids is 1. The predicted molar refractivity (Wildman–Crippen MR) is 67.1 cm³/mol. The van der Waals surface area contributed by atoms with Crippen LogP contribution in [-0.4, -0.2) is 35.0 Å². The van der Waals surface area contributed by atoms with Crippen molar-refractivity contribution in [1.82, 2.24) is 4.90 Å². The molecule has 0 aliphatic carbocycles. The van der Waals surface area contributed by atoms with Gasteiger partial charge in [0, 0.05) is 25.1 Å². The molecular weight excluding hydrogens is 251 g/mol. The summed E-state index contributed by atoms with van der Waals surface area (Å²) in [6.45, 7) is 0.903. The SMILES string of the molecule is Nc1ccc(C(=O)N2CCC(CC(=O)O)C2)cc1F. The maximum Gasteiger partial charge on any atom is 0.303 e. The summed E-state index contributed by atoms with van der Waals surface area (Å²) >= 11 is 0. The Morgan fingerprint density at radius 2 is 2.21 bits per heavy atom. The van der Waals surface area contributed by atoms with Gasteiger partial charge in [-0.05, 0) is 30.5 Å². The van der Waals surface area contributed by atoms with Gasteiger partial charge in [-0.25, -0.2) is 4.39 Å². The smallest absolute Gasteiger partial charge is 0.303 e. The normalized spacial score (nSPS) is 18.6. The highest BCUT2D eigenvalue weighted by atomic mass is 19.1. The van der Waals surface area contributed by atoms with Crippen LogP contribution in [0.5, 0.6) is 0 Å². The summed E-state index contributed by atoms with van der Waals surface area (Å²) in [7, 11) is 0. The second kappa shape index (κ2) is 5.26. The molecule has 6 heteroatoms. The van der Waals surface area contributed by atoms with Crippen LogP contribution in [0.3, 0.4) is 0 Å². The fraction of sp³-hybridized carbons (Fsp3) is 0.385. The third-order valence-corrected chi connectivity index (χ3v) is 3.28. The summed E-state index contributed by atoms with van der Waals surface area (Å²) in [6.07, 6.45) is 0.718. The number of likely N-dealkylation sites (tertiary alicyclic amines) is 1. The van der Waals surface area contributed by atoms with E-state index in [0.717, 1.165) is 6.07 Å². The highest BCUT2D eigenvalue weighted by Gasteiger charge is 2.28. The zero-order valence-electron chi connectivity index (χ0n) is 10.3. The molecule has 1 heterocycles. The van der Waals surface area contributed by atoms with Gasteiger partial charge in [-0.15, -0.1) is 0 Å². The number of halogens is 1. The van der Waals surface area contributed by atoms with E-state index < -0.39 is 11.8 Å². The van der Waals surface area contributed by atoms with Gasteiger partial charge in [-0.1, -0.05) is 0 Å². The molecule has 1 aromatic carbocycles. The summed E-state index contributed by atoms with van der Waals surface area (Å²) in [5.41, 5.74) is 5.59. The van der Waals surface area contributed by atoms with Crippen molar-refractivity contribution in [2.45, 2.75) is 12.8 Å². The molecule has 0 radical (unpaired) electrons. The average molecular weight is 266 g/mol. The van der Waals surface area contributed by atoms with Crippen molar-refractivity contribution < 1.29 is 19.1 Å². The predicted octanol–water partition coefficient (Wildman–Crippen LogP) is 1.34. The van der Waals surface area contributed by atoms with Crippen molar-refractivity contribution in [3.05, 3.63) is 29.6 Å². The molecule has 1 saturated heterocycles. The number of nitrogen functional groups attached to an aromatic ring is 1. The first-order chi connectivity index (χ1) is 8.97. The Balaban J connectivity index is 2.04. The summed E-state index contributed by atoms with van der Waals surface area (Å²) in [6, 6.07) is 3.95. The van der Waals surface area contributed by atoms with E-state index in [1.165, 1.54) is 12.1 Å². The van der Waals surface area contributed by atoms with Crippen molar-refractivity contribution in [2.75, 3.05) is 18.8 Å². The maximum atomic E-state index is 13.3. The molecule has 19 heavy (non-hydrogen) atoms. The Bertz CT molecular complexity index is 519. The molecule has 1 unspecified atom stereocenters. The summed E-state index contributed by atoms with van der Waals surface area (Å²) < 4.78 is 13.3. The summed E-state index contributed by atoms with van der Waals surface area (Å²) in [4.78, 5) is 24.3. The molecule has 0 spiro atoms. The van der Waals surface area contributed by atoms with Crippen LogP contribution in [0.2, 0.25) is 0 Å². The Hall–Kier alpha value is -2.11. The van der Waals surface area contributed by atoms with E-state index in [1.54, 1.807) is 4.90 Å². The number of carbonyl (C=O) groups is 2. The van der Waals surface area contributed by atoms with E-state index in [2.05, 4.69) is 0 Å². The lowest BCUT2D eigenvalue weighted by atomic mass is 10.1. The minimum atomic E-state index is -0.863. The van der Waals surface area contributed by atoms with Crippen LogP contribution >= 0.6 is 0 Å². The van der Waals surface area contributed by atoms with Crippen LogP contribution in [0, 0.1) is 11.7 Å². The first kappa shape index (κ1) is 13.3. The molecule has 0 saturated carbocycles. The molecule has 5 nitrogen and oxygen atoms in total. The van der Waals surface area contributed by atoms with E-state index in [0.29, 0.717) is 19.5 Å². The van der Waals surface area contributed by atoms with Gasteiger partial charge in [-0.2, -0.15) is 0 Å². The lowest BCUT2D eigenvalue weighted by molar-refractivity contribution is -0.138. The van der Waals surface area contributed by atoms with Gasteiger partial charge in [0.05, 0.1) is 5.69 Å². The zero-order chi connectivity index (χ0) is 14.0. The average Bonchev–Trinajstić information content (AvgIpc) is 2.79. The first-order valence-corrected chi connectivity index (χ1v) is 6.03. The number of amides is 1. The standard InChI is InChI=1S/C13H15FN2O3/c14-10-6-9(1-2-11(10)15)13(19)16-4-3-8(7-16)5-12(17)18/h1-2,6,8H,3-5,7,15H2,(H,17,18). The molecule has 1 aliphatic rings. The van der Waals surface area contributed by atoms with Gasteiger partial charge >= 0.3 is 5.97 Å². The minimum absolute atomic E-state index is 0.00160. The molecule has 1 amide bonds. The Morgan fingerprint density at radius 3 is 2.84 bits per heavy atom. The number of nitrogens with zero attached hydrogens (tertiary/aromatic N) is 1. The number of hydrogen-bond acceptors (Lipinski definition) is 3. The molecular formula is C13H15FN2O3. The topological polar surface area (TPSA) is 83.6 Å². The van der Waals surface area contributed by atoms with E-state index in [-0.39, 0.29) is 29.5 Å². The third kappa shape index (κ3) is 3.01. The molecule has 0 bridgehead atoms. The van der Waals surface area contributed by atoms with Crippen LogP contribution in [0.1, 0.15) is 23.2 Å². The number of carboxylic acids is 1. The number of rotatable bonds is 3. The Labute approximate surface area is 109 Å².